The molecule has 1 N–H and O–H groups in total. The highest BCUT2D eigenvalue weighted by molar-refractivity contribution is 7.13. The van der Waals surface area contributed by atoms with Gasteiger partial charge in [-0.25, -0.2) is 9.78 Å². The number of aromatic nitrogens is 1. The van der Waals surface area contributed by atoms with Crippen molar-refractivity contribution < 1.29 is 9.53 Å². The average Bonchev–Trinajstić information content (AvgIpc) is 2.73. The summed E-state index contributed by atoms with van der Waals surface area (Å²) in [7, 11) is 0. The molecule has 1 aromatic heterocycles. The van der Waals surface area contributed by atoms with Gasteiger partial charge in [-0.3, -0.25) is 0 Å². The molecule has 1 aliphatic rings. The van der Waals surface area contributed by atoms with Crippen LogP contribution >= 0.6 is 11.3 Å². The lowest BCUT2D eigenvalue weighted by Crippen LogP contribution is -2.26. The van der Waals surface area contributed by atoms with Crippen LogP contribution in [0, 0.1) is 6.92 Å². The Bertz CT molecular complexity index is 397. The fourth-order valence-electron chi connectivity index (χ4n) is 2.01. The molecule has 2 heterocycles. The SMILES string of the molecule is CCOC(=O)c1sc(C2CCCCN2)nc1C. The van der Waals surface area contributed by atoms with Gasteiger partial charge in [-0.1, -0.05) is 6.42 Å². The molecule has 1 aromatic rings. The van der Waals surface area contributed by atoms with Gasteiger partial charge < -0.3 is 10.1 Å². The second-order valence-electron chi connectivity index (χ2n) is 4.19. The number of nitrogens with one attached hydrogen (secondary N) is 1. The van der Waals surface area contributed by atoms with Gasteiger partial charge in [-0.2, -0.15) is 0 Å². The van der Waals surface area contributed by atoms with E-state index in [1.165, 1.54) is 24.2 Å². The molecule has 94 valence electrons. The van der Waals surface area contributed by atoms with E-state index in [1.54, 1.807) is 0 Å². The molecular formula is C12H18N2O2S. The van der Waals surface area contributed by atoms with Gasteiger partial charge in [0.2, 0.25) is 0 Å². The van der Waals surface area contributed by atoms with Crippen molar-refractivity contribution in [2.45, 2.75) is 39.2 Å². The molecule has 0 saturated carbocycles. The first kappa shape index (κ1) is 12.5. The van der Waals surface area contributed by atoms with Crippen molar-refractivity contribution in [2.24, 2.45) is 0 Å². The first-order valence-electron chi connectivity index (χ1n) is 6.10. The van der Waals surface area contributed by atoms with Gasteiger partial charge in [0.05, 0.1) is 18.3 Å². The van der Waals surface area contributed by atoms with E-state index in [1.807, 2.05) is 13.8 Å². The summed E-state index contributed by atoms with van der Waals surface area (Å²) in [5.74, 6) is -0.246. The smallest absolute Gasteiger partial charge is 0.350 e. The molecule has 2 rings (SSSR count). The lowest BCUT2D eigenvalue weighted by molar-refractivity contribution is 0.0531. The lowest BCUT2D eigenvalue weighted by Gasteiger charge is -2.21. The van der Waals surface area contributed by atoms with Crippen molar-refractivity contribution >= 4 is 17.3 Å². The first-order valence-corrected chi connectivity index (χ1v) is 6.92. The largest absolute Gasteiger partial charge is 0.462 e. The number of nitrogens with zero attached hydrogens (tertiary/aromatic N) is 1. The zero-order valence-corrected chi connectivity index (χ0v) is 11.1. The molecule has 0 aliphatic carbocycles. The van der Waals surface area contributed by atoms with Crippen LogP contribution < -0.4 is 5.32 Å². The summed E-state index contributed by atoms with van der Waals surface area (Å²) in [6.45, 7) is 5.14. The zero-order valence-electron chi connectivity index (χ0n) is 10.3. The maximum Gasteiger partial charge on any atom is 0.350 e. The zero-order chi connectivity index (χ0) is 12.3. The number of rotatable bonds is 3. The molecule has 0 aromatic carbocycles. The maximum absolute atomic E-state index is 11.7. The van der Waals surface area contributed by atoms with Crippen molar-refractivity contribution in [1.82, 2.24) is 10.3 Å². The Morgan fingerprint density at radius 2 is 2.41 bits per heavy atom. The number of carbonyl (C=O) groups is 1. The highest BCUT2D eigenvalue weighted by Gasteiger charge is 2.22. The van der Waals surface area contributed by atoms with E-state index in [0.29, 0.717) is 17.5 Å². The molecule has 0 spiro atoms. The van der Waals surface area contributed by atoms with Crippen LogP contribution in [0.25, 0.3) is 0 Å². The third kappa shape index (κ3) is 2.84. The van der Waals surface area contributed by atoms with E-state index in [4.69, 9.17) is 4.74 Å². The van der Waals surface area contributed by atoms with Crippen LogP contribution in [0.1, 0.15) is 52.6 Å². The number of ether oxygens (including phenoxy) is 1. The van der Waals surface area contributed by atoms with Crippen molar-refractivity contribution in [3.63, 3.8) is 0 Å². The number of piperidine rings is 1. The van der Waals surface area contributed by atoms with Gasteiger partial charge in [-0.15, -0.1) is 11.3 Å². The summed E-state index contributed by atoms with van der Waals surface area (Å²) in [6.07, 6.45) is 3.56. The number of aryl methyl sites for hydroxylation is 1. The average molecular weight is 254 g/mol. The fourth-order valence-corrected chi connectivity index (χ4v) is 3.09. The van der Waals surface area contributed by atoms with Crippen molar-refractivity contribution in [3.05, 3.63) is 15.6 Å². The summed E-state index contributed by atoms with van der Waals surface area (Å²) in [6, 6.07) is 0.315. The topological polar surface area (TPSA) is 51.2 Å². The minimum atomic E-state index is -0.246. The predicted octanol–water partition coefficient (Wildman–Crippen LogP) is 2.44. The molecule has 1 saturated heterocycles. The van der Waals surface area contributed by atoms with Crippen LogP contribution in [0.4, 0.5) is 0 Å². The van der Waals surface area contributed by atoms with E-state index in [-0.39, 0.29) is 5.97 Å². The molecule has 0 amide bonds. The Balaban J connectivity index is 2.14. The highest BCUT2D eigenvalue weighted by Crippen LogP contribution is 2.29. The lowest BCUT2D eigenvalue weighted by atomic mass is 10.1. The van der Waals surface area contributed by atoms with Crippen LogP contribution in [0.15, 0.2) is 0 Å². The molecule has 1 atom stereocenters. The Kier molecular flexibility index (Phi) is 4.12. The van der Waals surface area contributed by atoms with Gasteiger partial charge in [0, 0.05) is 0 Å². The Morgan fingerprint density at radius 3 is 3.06 bits per heavy atom. The molecule has 1 unspecified atom stereocenters. The Hall–Kier alpha value is -0.940. The summed E-state index contributed by atoms with van der Waals surface area (Å²) >= 11 is 1.47. The van der Waals surface area contributed by atoms with Gasteiger partial charge in [-0.05, 0) is 33.2 Å². The van der Waals surface area contributed by atoms with Crippen LogP contribution in [-0.2, 0) is 4.74 Å². The summed E-state index contributed by atoms with van der Waals surface area (Å²) < 4.78 is 5.02. The molecule has 4 nitrogen and oxygen atoms in total. The Labute approximate surface area is 105 Å². The van der Waals surface area contributed by atoms with E-state index in [2.05, 4.69) is 10.3 Å². The van der Waals surface area contributed by atoms with Crippen LogP contribution in [-0.4, -0.2) is 24.1 Å². The van der Waals surface area contributed by atoms with Crippen molar-refractivity contribution in [3.8, 4) is 0 Å². The minimum absolute atomic E-state index is 0.246. The molecule has 1 aliphatic heterocycles. The number of carbonyl (C=O) groups excluding carboxylic acids is 1. The van der Waals surface area contributed by atoms with E-state index >= 15 is 0 Å². The number of hydrogen-bond donors (Lipinski definition) is 1. The molecule has 17 heavy (non-hydrogen) atoms. The monoisotopic (exact) mass is 254 g/mol. The molecule has 5 heteroatoms. The van der Waals surface area contributed by atoms with Crippen LogP contribution in [0.3, 0.4) is 0 Å². The van der Waals surface area contributed by atoms with Gasteiger partial charge in [0.15, 0.2) is 0 Å². The van der Waals surface area contributed by atoms with Crippen molar-refractivity contribution in [1.29, 1.82) is 0 Å². The van der Waals surface area contributed by atoms with Gasteiger partial charge in [0.25, 0.3) is 0 Å². The number of thiazole rings is 1. The summed E-state index contributed by atoms with van der Waals surface area (Å²) in [5.41, 5.74) is 0.788. The quantitative estimate of drug-likeness (QED) is 0.842. The van der Waals surface area contributed by atoms with Gasteiger partial charge in [0.1, 0.15) is 9.88 Å². The normalized spacial score (nSPS) is 20.2. The van der Waals surface area contributed by atoms with E-state index < -0.39 is 0 Å². The fraction of sp³-hybridized carbons (Fsp3) is 0.667. The van der Waals surface area contributed by atoms with Gasteiger partial charge >= 0.3 is 5.97 Å². The number of esters is 1. The van der Waals surface area contributed by atoms with E-state index in [9.17, 15) is 4.79 Å². The van der Waals surface area contributed by atoms with E-state index in [0.717, 1.165) is 23.7 Å². The maximum atomic E-state index is 11.7. The van der Waals surface area contributed by atoms with Crippen LogP contribution in [0.5, 0.6) is 0 Å². The second kappa shape index (κ2) is 5.60. The van der Waals surface area contributed by atoms with Crippen LogP contribution in [0.2, 0.25) is 0 Å². The predicted molar refractivity (Wildman–Crippen MR) is 67.4 cm³/mol. The molecule has 1 fully saturated rings. The second-order valence-corrected chi connectivity index (χ2v) is 5.22. The molecule has 0 bridgehead atoms. The molecular weight excluding hydrogens is 236 g/mol. The summed E-state index contributed by atoms with van der Waals surface area (Å²) in [4.78, 5) is 16.8. The minimum Gasteiger partial charge on any atom is -0.462 e. The number of hydrogen-bond acceptors (Lipinski definition) is 5. The third-order valence-electron chi connectivity index (χ3n) is 2.88. The highest BCUT2D eigenvalue weighted by atomic mass is 32.1. The first-order chi connectivity index (χ1) is 8.22. The standard InChI is InChI=1S/C12H18N2O2S/c1-3-16-12(15)10-8(2)14-11(17-10)9-6-4-5-7-13-9/h9,13H,3-7H2,1-2H3. The third-order valence-corrected chi connectivity index (χ3v) is 4.13. The summed E-state index contributed by atoms with van der Waals surface area (Å²) in [5, 5.41) is 4.46. The Morgan fingerprint density at radius 1 is 1.59 bits per heavy atom. The molecule has 0 radical (unpaired) electrons. The van der Waals surface area contributed by atoms with Crippen molar-refractivity contribution in [2.75, 3.05) is 13.2 Å².